The molecule has 0 unspecified atom stereocenters. The highest BCUT2D eigenvalue weighted by molar-refractivity contribution is 14.0. The number of hydrogen-bond acceptors (Lipinski definition) is 3. The molecule has 0 aliphatic rings. The largest absolute Gasteiger partial charge is 0.356 e. The standard InChI is InChI=1S/C21H33N5.HI/c1-16(2)26(17(3)4)14-8-13-24-21(22-5)25-15-19-10-6-9-18-11-7-12-23-20(18)19;/h6-7,9-12,16-17H,8,13-15H2,1-5H3,(H2,22,24,25);1H. The van der Waals surface area contributed by atoms with Crippen LogP contribution in [0.4, 0.5) is 0 Å². The first-order valence-electron chi connectivity index (χ1n) is 9.55. The van der Waals surface area contributed by atoms with E-state index in [0.29, 0.717) is 18.6 Å². The summed E-state index contributed by atoms with van der Waals surface area (Å²) in [6, 6.07) is 11.5. The third kappa shape index (κ3) is 7.25. The molecule has 0 fully saturated rings. The maximum Gasteiger partial charge on any atom is 0.191 e. The molecule has 0 aliphatic heterocycles. The molecule has 0 aliphatic carbocycles. The van der Waals surface area contributed by atoms with Gasteiger partial charge in [0.25, 0.3) is 0 Å². The Hall–Kier alpha value is -1.41. The SMILES string of the molecule is CN=C(NCCCN(C(C)C)C(C)C)NCc1cccc2cccnc12.I. The summed E-state index contributed by atoms with van der Waals surface area (Å²) in [5.74, 6) is 0.832. The molecule has 0 atom stereocenters. The summed E-state index contributed by atoms with van der Waals surface area (Å²) in [5, 5.41) is 7.97. The van der Waals surface area contributed by atoms with Crippen LogP contribution in [-0.2, 0) is 6.54 Å². The topological polar surface area (TPSA) is 52.6 Å². The van der Waals surface area contributed by atoms with Crippen LogP contribution in [0.1, 0.15) is 39.7 Å². The highest BCUT2D eigenvalue weighted by atomic mass is 127. The van der Waals surface area contributed by atoms with Crippen molar-refractivity contribution < 1.29 is 0 Å². The second-order valence-electron chi connectivity index (χ2n) is 7.12. The lowest BCUT2D eigenvalue weighted by atomic mass is 10.1. The average molecular weight is 483 g/mol. The van der Waals surface area contributed by atoms with E-state index >= 15 is 0 Å². The van der Waals surface area contributed by atoms with Crippen LogP contribution in [0.3, 0.4) is 0 Å². The van der Waals surface area contributed by atoms with E-state index in [9.17, 15) is 0 Å². The number of halogens is 1. The van der Waals surface area contributed by atoms with E-state index < -0.39 is 0 Å². The van der Waals surface area contributed by atoms with Crippen LogP contribution in [-0.4, -0.2) is 48.1 Å². The number of para-hydroxylation sites is 1. The Morgan fingerprint density at radius 3 is 2.44 bits per heavy atom. The van der Waals surface area contributed by atoms with Gasteiger partial charge in [0.2, 0.25) is 0 Å². The summed E-state index contributed by atoms with van der Waals surface area (Å²) < 4.78 is 0. The fourth-order valence-corrected chi connectivity index (χ4v) is 3.29. The number of aromatic nitrogens is 1. The molecule has 150 valence electrons. The molecule has 2 aromatic rings. The molecule has 2 rings (SSSR count). The highest BCUT2D eigenvalue weighted by Gasteiger charge is 2.12. The first-order valence-corrected chi connectivity index (χ1v) is 9.55. The van der Waals surface area contributed by atoms with E-state index in [4.69, 9.17) is 0 Å². The van der Waals surface area contributed by atoms with Crippen LogP contribution in [0.5, 0.6) is 0 Å². The van der Waals surface area contributed by atoms with E-state index in [1.54, 1.807) is 0 Å². The van der Waals surface area contributed by atoms with Crippen LogP contribution in [0.2, 0.25) is 0 Å². The number of fused-ring (bicyclic) bond motifs is 1. The molecule has 0 radical (unpaired) electrons. The molecule has 6 heteroatoms. The van der Waals surface area contributed by atoms with Gasteiger partial charge in [-0.1, -0.05) is 24.3 Å². The number of rotatable bonds is 8. The normalized spacial score (nSPS) is 11.9. The first kappa shape index (κ1) is 23.6. The van der Waals surface area contributed by atoms with Crippen molar-refractivity contribution in [1.29, 1.82) is 0 Å². The molecule has 1 heterocycles. The molecule has 5 nitrogen and oxygen atoms in total. The molecule has 0 saturated heterocycles. The number of benzene rings is 1. The van der Waals surface area contributed by atoms with Gasteiger partial charge in [0.15, 0.2) is 5.96 Å². The fourth-order valence-electron chi connectivity index (χ4n) is 3.29. The van der Waals surface area contributed by atoms with E-state index in [2.05, 4.69) is 77.5 Å². The van der Waals surface area contributed by atoms with Gasteiger partial charge in [-0.25, -0.2) is 0 Å². The number of guanidine groups is 1. The Bertz CT molecular complexity index is 701. The van der Waals surface area contributed by atoms with Crippen molar-refractivity contribution in [3.05, 3.63) is 42.1 Å². The second kappa shape index (κ2) is 12.1. The van der Waals surface area contributed by atoms with Crippen LogP contribution in [0.25, 0.3) is 10.9 Å². The maximum atomic E-state index is 4.51. The lowest BCUT2D eigenvalue weighted by molar-refractivity contribution is 0.173. The van der Waals surface area contributed by atoms with Crippen molar-refractivity contribution in [3.63, 3.8) is 0 Å². The minimum atomic E-state index is 0. The Kier molecular flexibility index (Phi) is 10.6. The predicted octanol–water partition coefficient (Wildman–Crippen LogP) is 4.03. The van der Waals surface area contributed by atoms with Crippen molar-refractivity contribution in [2.24, 2.45) is 4.99 Å². The fraction of sp³-hybridized carbons (Fsp3) is 0.524. The lowest BCUT2D eigenvalue weighted by Crippen LogP contribution is -2.41. The van der Waals surface area contributed by atoms with Crippen LogP contribution in [0.15, 0.2) is 41.5 Å². The minimum absolute atomic E-state index is 0. The van der Waals surface area contributed by atoms with Crippen molar-refractivity contribution in [1.82, 2.24) is 20.5 Å². The quantitative estimate of drug-likeness (QED) is 0.258. The predicted molar refractivity (Wildman–Crippen MR) is 127 cm³/mol. The molecule has 0 saturated carbocycles. The molecule has 1 aromatic carbocycles. The number of hydrogen-bond donors (Lipinski definition) is 2. The van der Waals surface area contributed by atoms with E-state index in [-0.39, 0.29) is 24.0 Å². The van der Waals surface area contributed by atoms with Gasteiger partial charge in [-0.3, -0.25) is 14.9 Å². The van der Waals surface area contributed by atoms with Crippen molar-refractivity contribution >= 4 is 40.8 Å². The maximum absolute atomic E-state index is 4.51. The molecule has 0 bridgehead atoms. The summed E-state index contributed by atoms with van der Waals surface area (Å²) in [6.07, 6.45) is 2.93. The number of nitrogens with zero attached hydrogens (tertiary/aromatic N) is 3. The second-order valence-corrected chi connectivity index (χ2v) is 7.12. The molecule has 0 spiro atoms. The number of nitrogens with one attached hydrogen (secondary N) is 2. The smallest absolute Gasteiger partial charge is 0.191 e. The van der Waals surface area contributed by atoms with Gasteiger partial charge in [-0.05, 0) is 45.7 Å². The van der Waals surface area contributed by atoms with E-state index in [0.717, 1.165) is 36.4 Å². The van der Waals surface area contributed by atoms with Crippen LogP contribution < -0.4 is 10.6 Å². The third-order valence-corrected chi connectivity index (χ3v) is 4.60. The van der Waals surface area contributed by atoms with Crippen molar-refractivity contribution in [3.8, 4) is 0 Å². The van der Waals surface area contributed by atoms with Gasteiger partial charge in [-0.2, -0.15) is 0 Å². The third-order valence-electron chi connectivity index (χ3n) is 4.60. The monoisotopic (exact) mass is 483 g/mol. The average Bonchev–Trinajstić information content (AvgIpc) is 2.63. The van der Waals surface area contributed by atoms with Gasteiger partial charge in [-0.15, -0.1) is 24.0 Å². The zero-order valence-electron chi connectivity index (χ0n) is 17.2. The van der Waals surface area contributed by atoms with Crippen LogP contribution in [0, 0.1) is 0 Å². The Balaban J connectivity index is 0.00000364. The zero-order chi connectivity index (χ0) is 18.9. The number of aliphatic imine (C=N–C) groups is 1. The summed E-state index contributed by atoms with van der Waals surface area (Å²) in [4.78, 5) is 11.4. The highest BCUT2D eigenvalue weighted by Crippen LogP contribution is 2.15. The molecule has 1 aromatic heterocycles. The zero-order valence-corrected chi connectivity index (χ0v) is 19.5. The van der Waals surface area contributed by atoms with Crippen molar-refractivity contribution in [2.45, 2.75) is 52.7 Å². The molecule has 0 amide bonds. The summed E-state index contributed by atoms with van der Waals surface area (Å²) in [7, 11) is 1.81. The Labute approximate surface area is 181 Å². The van der Waals surface area contributed by atoms with Crippen molar-refractivity contribution in [2.75, 3.05) is 20.1 Å². The molecule has 27 heavy (non-hydrogen) atoms. The summed E-state index contributed by atoms with van der Waals surface area (Å²) >= 11 is 0. The Morgan fingerprint density at radius 1 is 1.07 bits per heavy atom. The van der Waals surface area contributed by atoms with Gasteiger partial charge in [0.1, 0.15) is 0 Å². The number of pyridine rings is 1. The van der Waals surface area contributed by atoms with Crippen LogP contribution >= 0.6 is 24.0 Å². The lowest BCUT2D eigenvalue weighted by Gasteiger charge is -2.30. The van der Waals surface area contributed by atoms with E-state index in [1.165, 1.54) is 5.56 Å². The minimum Gasteiger partial charge on any atom is -0.356 e. The summed E-state index contributed by atoms with van der Waals surface area (Å²) in [5.41, 5.74) is 2.22. The summed E-state index contributed by atoms with van der Waals surface area (Å²) in [6.45, 7) is 11.7. The first-order chi connectivity index (χ1) is 12.5. The van der Waals surface area contributed by atoms with Gasteiger partial charge in [0, 0.05) is 50.3 Å². The molecule has 2 N–H and O–H groups in total. The molecular weight excluding hydrogens is 449 g/mol. The van der Waals surface area contributed by atoms with Gasteiger partial charge in [0.05, 0.1) is 5.52 Å². The Morgan fingerprint density at radius 2 is 1.78 bits per heavy atom. The van der Waals surface area contributed by atoms with E-state index in [1.807, 2.05) is 19.3 Å². The van der Waals surface area contributed by atoms with Gasteiger partial charge >= 0.3 is 0 Å². The molecular formula is C21H34IN5. The van der Waals surface area contributed by atoms with Gasteiger partial charge < -0.3 is 10.6 Å².